The van der Waals surface area contributed by atoms with Gasteiger partial charge in [0.2, 0.25) is 0 Å². The van der Waals surface area contributed by atoms with Crippen LogP contribution in [0, 0.1) is 17.7 Å². The number of amides is 1. The van der Waals surface area contributed by atoms with E-state index in [4.69, 9.17) is 10.5 Å². The van der Waals surface area contributed by atoms with Gasteiger partial charge in [0.15, 0.2) is 5.69 Å². The number of carbonyl (C=O) groups excluding carboxylic acids is 1. The number of halogens is 2. The highest BCUT2D eigenvalue weighted by molar-refractivity contribution is 6.00. The zero-order valence-corrected chi connectivity index (χ0v) is 19.8. The summed E-state index contributed by atoms with van der Waals surface area (Å²) in [5.74, 6) is 5.12. The van der Waals surface area contributed by atoms with Gasteiger partial charge in [-0.1, -0.05) is 5.92 Å². The van der Waals surface area contributed by atoms with Crippen LogP contribution in [0.1, 0.15) is 53.0 Å². The third kappa shape index (κ3) is 4.34. The number of nitrogens with two attached hydrogens (primary N) is 1. The molecule has 5 rings (SSSR count). The number of anilines is 1. The van der Waals surface area contributed by atoms with Crippen molar-refractivity contribution in [2.45, 2.75) is 37.4 Å². The number of ether oxygens (including phenoxy) is 1. The number of carbonyl (C=O) groups is 1. The Morgan fingerprint density at radius 2 is 2.15 bits per heavy atom. The first kappa shape index (κ1) is 24.0. The minimum atomic E-state index is -0.645. The predicted molar refractivity (Wildman–Crippen MR) is 129 cm³/mol. The van der Waals surface area contributed by atoms with Crippen molar-refractivity contribution in [3.8, 4) is 11.8 Å². The standard InChI is InChI=1S/C23H26FN7O2.ClH/c1-26-23-21(22(25)32)18(29-31(23)16-8-14(11-33-2)27-10-16)6-3-13-7-19-20(9-17(13)24)30(12-28-19)15-4-5-15;/h7,9,12,14-16,26-27H,4-5,8,10-11H2,1-2H3,(H2,25,32);1H/t14-,16+;/m1./s1. The largest absolute Gasteiger partial charge is 0.383 e. The molecule has 1 aliphatic carbocycles. The van der Waals surface area contributed by atoms with Crippen LogP contribution in [-0.4, -0.2) is 58.6 Å². The average Bonchev–Trinajstić information content (AvgIpc) is 3.22. The second-order valence-corrected chi connectivity index (χ2v) is 8.53. The summed E-state index contributed by atoms with van der Waals surface area (Å²) in [6.07, 6.45) is 4.70. The quantitative estimate of drug-likeness (QED) is 0.460. The van der Waals surface area contributed by atoms with E-state index in [0.29, 0.717) is 30.5 Å². The summed E-state index contributed by atoms with van der Waals surface area (Å²) in [6, 6.07) is 3.70. The predicted octanol–water partition coefficient (Wildman–Crippen LogP) is 2.22. The smallest absolute Gasteiger partial charge is 0.255 e. The first-order valence-corrected chi connectivity index (χ1v) is 11.0. The van der Waals surface area contributed by atoms with E-state index in [2.05, 4.69) is 32.6 Å². The molecule has 4 N–H and O–H groups in total. The zero-order chi connectivity index (χ0) is 23.1. The Labute approximate surface area is 202 Å². The molecule has 1 saturated heterocycles. The maximum absolute atomic E-state index is 14.8. The Balaban J connectivity index is 0.00000274. The molecule has 3 aromatic rings. The maximum atomic E-state index is 14.8. The molecular weight excluding hydrogens is 461 g/mol. The molecule has 2 aromatic heterocycles. The molecular formula is C23H27ClFN7O2. The van der Waals surface area contributed by atoms with Gasteiger partial charge in [-0.2, -0.15) is 5.10 Å². The van der Waals surface area contributed by atoms with Crippen molar-refractivity contribution < 1.29 is 13.9 Å². The van der Waals surface area contributed by atoms with Crippen LogP contribution < -0.4 is 16.4 Å². The summed E-state index contributed by atoms with van der Waals surface area (Å²) in [7, 11) is 3.36. The summed E-state index contributed by atoms with van der Waals surface area (Å²) in [4.78, 5) is 16.7. The van der Waals surface area contributed by atoms with E-state index in [1.54, 1.807) is 31.2 Å². The number of nitrogens with zero attached hydrogens (tertiary/aromatic N) is 4. The molecule has 34 heavy (non-hydrogen) atoms. The molecule has 3 heterocycles. The average molecular weight is 488 g/mol. The minimum Gasteiger partial charge on any atom is -0.383 e. The number of imidazole rings is 1. The van der Waals surface area contributed by atoms with Crippen LogP contribution in [0.25, 0.3) is 11.0 Å². The van der Waals surface area contributed by atoms with Crippen LogP contribution in [0.2, 0.25) is 0 Å². The Bertz CT molecular complexity index is 1290. The monoisotopic (exact) mass is 487 g/mol. The Hall–Kier alpha value is -3.13. The van der Waals surface area contributed by atoms with E-state index < -0.39 is 11.7 Å². The summed E-state index contributed by atoms with van der Waals surface area (Å²) < 4.78 is 23.8. The zero-order valence-electron chi connectivity index (χ0n) is 19.0. The van der Waals surface area contributed by atoms with Gasteiger partial charge in [-0.3, -0.25) is 4.79 Å². The van der Waals surface area contributed by atoms with E-state index in [0.717, 1.165) is 24.8 Å². The van der Waals surface area contributed by atoms with Gasteiger partial charge >= 0.3 is 0 Å². The van der Waals surface area contributed by atoms with Crippen molar-refractivity contribution in [2.24, 2.45) is 5.73 Å². The number of methoxy groups -OCH3 is 1. The molecule has 2 aliphatic rings. The van der Waals surface area contributed by atoms with Crippen molar-refractivity contribution in [1.82, 2.24) is 24.6 Å². The Kier molecular flexibility index (Phi) is 6.79. The molecule has 1 aliphatic heterocycles. The van der Waals surface area contributed by atoms with Gasteiger partial charge in [0.1, 0.15) is 17.2 Å². The molecule has 1 saturated carbocycles. The molecule has 2 atom stereocenters. The number of hydrogen-bond donors (Lipinski definition) is 3. The first-order chi connectivity index (χ1) is 16.0. The molecule has 11 heteroatoms. The molecule has 2 fully saturated rings. The molecule has 1 amide bonds. The molecule has 0 spiro atoms. The lowest BCUT2D eigenvalue weighted by Gasteiger charge is -2.14. The Morgan fingerprint density at radius 1 is 1.35 bits per heavy atom. The summed E-state index contributed by atoms with van der Waals surface area (Å²) in [5, 5.41) is 11.0. The van der Waals surface area contributed by atoms with E-state index in [1.807, 2.05) is 4.57 Å². The third-order valence-electron chi connectivity index (χ3n) is 6.23. The third-order valence-corrected chi connectivity index (χ3v) is 6.23. The summed E-state index contributed by atoms with van der Waals surface area (Å²) in [6.45, 7) is 1.25. The van der Waals surface area contributed by atoms with Gasteiger partial charge in [0, 0.05) is 38.9 Å². The number of primary amides is 1. The van der Waals surface area contributed by atoms with E-state index in [-0.39, 0.29) is 41.3 Å². The number of nitrogens with one attached hydrogen (secondary N) is 2. The van der Waals surface area contributed by atoms with Gasteiger partial charge in [-0.05, 0) is 31.2 Å². The molecule has 1 aromatic carbocycles. The van der Waals surface area contributed by atoms with Crippen LogP contribution in [0.4, 0.5) is 10.2 Å². The van der Waals surface area contributed by atoms with Crippen LogP contribution in [0.15, 0.2) is 18.5 Å². The maximum Gasteiger partial charge on any atom is 0.255 e. The first-order valence-electron chi connectivity index (χ1n) is 11.0. The van der Waals surface area contributed by atoms with E-state index >= 15 is 0 Å². The molecule has 9 nitrogen and oxygen atoms in total. The second-order valence-electron chi connectivity index (χ2n) is 8.53. The lowest BCUT2D eigenvalue weighted by atomic mass is 10.1. The van der Waals surface area contributed by atoms with Crippen molar-refractivity contribution in [1.29, 1.82) is 0 Å². The summed E-state index contributed by atoms with van der Waals surface area (Å²) in [5.41, 5.74) is 7.72. The number of benzene rings is 1. The normalized spacial score (nSPS) is 19.5. The highest BCUT2D eigenvalue weighted by Gasteiger charge is 2.31. The topological polar surface area (TPSA) is 112 Å². The van der Waals surface area contributed by atoms with Gasteiger partial charge in [-0.15, -0.1) is 12.4 Å². The van der Waals surface area contributed by atoms with Crippen molar-refractivity contribution in [3.05, 3.63) is 41.1 Å². The number of aromatic nitrogens is 4. The second kappa shape index (κ2) is 9.62. The van der Waals surface area contributed by atoms with Crippen LogP contribution in [0.5, 0.6) is 0 Å². The minimum absolute atomic E-state index is 0. The van der Waals surface area contributed by atoms with Gasteiger partial charge in [0.05, 0.1) is 35.6 Å². The number of rotatable bonds is 6. The lowest BCUT2D eigenvalue weighted by molar-refractivity contribution is 0.100. The SMILES string of the molecule is CNc1c(C(N)=O)c(C#Cc2cc3ncn(C4CC4)c3cc2F)nn1[C@@H]1CN[C@@H](COC)C1.Cl. The van der Waals surface area contributed by atoms with Crippen LogP contribution >= 0.6 is 12.4 Å². The van der Waals surface area contributed by atoms with E-state index in [1.165, 1.54) is 6.07 Å². The summed E-state index contributed by atoms with van der Waals surface area (Å²) >= 11 is 0. The number of fused-ring (bicyclic) bond motifs is 1. The van der Waals surface area contributed by atoms with Crippen molar-refractivity contribution in [2.75, 3.05) is 32.6 Å². The highest BCUT2D eigenvalue weighted by atomic mass is 35.5. The Morgan fingerprint density at radius 3 is 2.82 bits per heavy atom. The molecule has 180 valence electrons. The fourth-order valence-electron chi connectivity index (χ4n) is 4.49. The fraction of sp³-hybridized carbons (Fsp3) is 0.435. The van der Waals surface area contributed by atoms with Crippen molar-refractivity contribution >= 4 is 35.2 Å². The molecule has 0 bridgehead atoms. The van der Waals surface area contributed by atoms with Gasteiger partial charge in [0.25, 0.3) is 5.91 Å². The van der Waals surface area contributed by atoms with Gasteiger partial charge < -0.3 is 25.7 Å². The highest BCUT2D eigenvalue weighted by Crippen LogP contribution is 2.37. The fourth-order valence-corrected chi connectivity index (χ4v) is 4.49. The molecule has 0 unspecified atom stereocenters. The van der Waals surface area contributed by atoms with Crippen molar-refractivity contribution in [3.63, 3.8) is 0 Å². The van der Waals surface area contributed by atoms with Crippen LogP contribution in [0.3, 0.4) is 0 Å². The number of hydrogen-bond acceptors (Lipinski definition) is 6. The van der Waals surface area contributed by atoms with Gasteiger partial charge in [-0.25, -0.2) is 14.1 Å². The lowest BCUT2D eigenvalue weighted by Crippen LogP contribution is -2.25. The van der Waals surface area contributed by atoms with E-state index in [9.17, 15) is 9.18 Å². The van der Waals surface area contributed by atoms with Crippen LogP contribution in [-0.2, 0) is 4.74 Å². The molecule has 0 radical (unpaired) electrons.